The summed E-state index contributed by atoms with van der Waals surface area (Å²) in [5.74, 6) is -2.38. The lowest BCUT2D eigenvalue weighted by Crippen LogP contribution is -2.61. The molecule has 0 amide bonds. The summed E-state index contributed by atoms with van der Waals surface area (Å²) in [7, 11) is 0. The van der Waals surface area contributed by atoms with Crippen molar-refractivity contribution in [3.8, 4) is 11.1 Å². The van der Waals surface area contributed by atoms with E-state index in [1.807, 2.05) is 13.8 Å². The van der Waals surface area contributed by atoms with Gasteiger partial charge in [0.2, 0.25) is 0 Å². The molecule has 2 aromatic carbocycles. The number of likely N-dealkylation sites (tertiary alicyclic amines) is 1. The minimum atomic E-state index is -5.03. The molecule has 0 aliphatic carbocycles. The van der Waals surface area contributed by atoms with Crippen molar-refractivity contribution in [2.24, 2.45) is 5.41 Å². The molecule has 44 heavy (non-hydrogen) atoms. The molecule has 1 N–H and O–H groups in total. The highest BCUT2D eigenvalue weighted by atomic mass is 35.5. The van der Waals surface area contributed by atoms with Crippen LogP contribution < -0.4 is 15.9 Å². The molecule has 1 spiro atoms. The number of benzene rings is 2. The van der Waals surface area contributed by atoms with Crippen LogP contribution in [0, 0.1) is 17.0 Å². The number of hydrogen-bond donors (Lipinski definition) is 1. The molecule has 0 unspecified atom stereocenters. The van der Waals surface area contributed by atoms with Crippen LogP contribution in [0.25, 0.3) is 22.0 Å². The van der Waals surface area contributed by atoms with Crippen LogP contribution in [0.1, 0.15) is 19.4 Å². The Morgan fingerprint density at radius 1 is 1.02 bits per heavy atom. The quantitative estimate of drug-likeness (QED) is 0.267. The monoisotopic (exact) mass is 667 g/mol. The summed E-state index contributed by atoms with van der Waals surface area (Å²) in [5, 5.41) is 2.72. The fraction of sp³-hybridized carbons (Fsp3) is 0.500. The summed E-state index contributed by atoms with van der Waals surface area (Å²) in [6, 6.07) is 1.83. The summed E-state index contributed by atoms with van der Waals surface area (Å²) in [6.07, 6.45) is -9.48. The molecule has 6 rings (SSSR count). The molecule has 3 aliphatic rings. The highest BCUT2D eigenvalue weighted by molar-refractivity contribution is 7.99. The SMILES string of the molecule is C[C@@H]1CN(c2nc(=O)n3c4c(c(-c5cc(Cl)c(F)cc5F)c(C(F)(F)F)cc24)SCC2(CN(CC(F)(F)F)C2)C3)C[C@H](C)N1. The van der Waals surface area contributed by atoms with Crippen LogP contribution in [0.2, 0.25) is 5.02 Å². The van der Waals surface area contributed by atoms with Gasteiger partial charge in [-0.05, 0) is 26.0 Å². The van der Waals surface area contributed by atoms with Gasteiger partial charge in [0.05, 0.1) is 22.6 Å². The average molecular weight is 668 g/mol. The first kappa shape index (κ1) is 31.4. The van der Waals surface area contributed by atoms with Crippen molar-refractivity contribution < 1.29 is 35.1 Å². The van der Waals surface area contributed by atoms with Crippen molar-refractivity contribution in [2.45, 2.75) is 49.7 Å². The number of alkyl halides is 6. The van der Waals surface area contributed by atoms with Gasteiger partial charge < -0.3 is 10.2 Å². The van der Waals surface area contributed by atoms with Gasteiger partial charge in [0.15, 0.2) is 0 Å². The summed E-state index contributed by atoms with van der Waals surface area (Å²) in [4.78, 5) is 20.7. The second kappa shape index (κ2) is 10.7. The number of thioether (sulfide) groups is 1. The molecule has 2 saturated heterocycles. The zero-order valence-electron chi connectivity index (χ0n) is 23.3. The molecule has 2 fully saturated rings. The lowest BCUT2D eigenvalue weighted by molar-refractivity contribution is -0.168. The van der Waals surface area contributed by atoms with E-state index in [1.165, 1.54) is 4.57 Å². The number of anilines is 1. The van der Waals surface area contributed by atoms with Crippen molar-refractivity contribution in [2.75, 3.05) is 43.4 Å². The predicted octanol–water partition coefficient (Wildman–Crippen LogP) is 6.17. The molecule has 0 radical (unpaired) electrons. The minimum Gasteiger partial charge on any atom is -0.353 e. The molecular formula is C28H26ClF8N5OS. The number of nitrogens with zero attached hydrogens (tertiary/aromatic N) is 4. The van der Waals surface area contributed by atoms with E-state index in [-0.39, 0.29) is 59.1 Å². The summed E-state index contributed by atoms with van der Waals surface area (Å²) in [6.45, 7) is 3.04. The number of hydrogen-bond acceptors (Lipinski definition) is 6. The molecule has 238 valence electrons. The van der Waals surface area contributed by atoms with E-state index in [0.717, 1.165) is 28.8 Å². The zero-order chi connectivity index (χ0) is 31.9. The first-order valence-corrected chi connectivity index (χ1v) is 15.1. The molecule has 2 atom stereocenters. The van der Waals surface area contributed by atoms with Crippen LogP contribution >= 0.6 is 23.4 Å². The topological polar surface area (TPSA) is 53.4 Å². The van der Waals surface area contributed by atoms with Crippen LogP contribution in [0.5, 0.6) is 0 Å². The number of aromatic nitrogens is 2. The molecule has 0 saturated carbocycles. The van der Waals surface area contributed by atoms with E-state index >= 15 is 4.39 Å². The number of halogens is 9. The number of nitrogens with one attached hydrogen (secondary N) is 1. The molecule has 16 heteroatoms. The fourth-order valence-corrected chi connectivity index (χ4v) is 8.30. The molecular weight excluding hydrogens is 642 g/mol. The maximum atomic E-state index is 15.3. The van der Waals surface area contributed by atoms with Crippen LogP contribution in [0.3, 0.4) is 0 Å². The Kier molecular flexibility index (Phi) is 7.65. The van der Waals surface area contributed by atoms with Gasteiger partial charge in [-0.15, -0.1) is 11.8 Å². The summed E-state index contributed by atoms with van der Waals surface area (Å²) < 4.78 is 115. The van der Waals surface area contributed by atoms with E-state index in [1.54, 1.807) is 4.90 Å². The molecule has 3 aliphatic heterocycles. The molecule has 3 aromatic rings. The van der Waals surface area contributed by atoms with Crippen LogP contribution in [0.4, 0.5) is 40.9 Å². The predicted molar refractivity (Wildman–Crippen MR) is 151 cm³/mol. The van der Waals surface area contributed by atoms with Gasteiger partial charge in [-0.3, -0.25) is 9.47 Å². The van der Waals surface area contributed by atoms with Crippen molar-refractivity contribution in [3.63, 3.8) is 0 Å². The van der Waals surface area contributed by atoms with Crippen LogP contribution in [-0.4, -0.2) is 71.2 Å². The number of piperazine rings is 1. The van der Waals surface area contributed by atoms with Gasteiger partial charge >= 0.3 is 18.0 Å². The smallest absolute Gasteiger partial charge is 0.353 e. The van der Waals surface area contributed by atoms with Gasteiger partial charge in [0.1, 0.15) is 17.5 Å². The molecule has 4 heterocycles. The summed E-state index contributed by atoms with van der Waals surface area (Å²) in [5.41, 5.74) is -4.09. The van der Waals surface area contributed by atoms with Gasteiger partial charge in [0.25, 0.3) is 0 Å². The Morgan fingerprint density at radius 2 is 1.68 bits per heavy atom. The van der Waals surface area contributed by atoms with E-state index in [9.17, 15) is 35.5 Å². The van der Waals surface area contributed by atoms with Gasteiger partial charge in [-0.25, -0.2) is 13.6 Å². The van der Waals surface area contributed by atoms with Crippen LogP contribution in [-0.2, 0) is 12.7 Å². The normalized spacial score (nSPS) is 22.4. The lowest BCUT2D eigenvalue weighted by Gasteiger charge is -2.50. The standard InChI is InChI=1S/C28H26ClF8N5OS/c1-13-6-41(7-14(2)38-13)24-16-3-17(28(35,36)37)21(15-4-18(29)20(31)5-19(15)30)23-22(16)42(25(43)39-24)10-26(12-44-23)8-40(9-26)11-27(32,33)34/h3-5,13-14,38H,6-12H2,1-2H3/t13-,14+. The first-order chi connectivity index (χ1) is 20.4. The van der Waals surface area contributed by atoms with Crippen molar-refractivity contribution in [1.82, 2.24) is 19.8 Å². The Labute approximate surface area is 255 Å². The molecule has 6 nitrogen and oxygen atoms in total. The van der Waals surface area contributed by atoms with Crippen molar-refractivity contribution in [1.29, 1.82) is 0 Å². The third kappa shape index (κ3) is 5.64. The Bertz CT molecular complexity index is 1690. The Balaban J connectivity index is 1.63. The summed E-state index contributed by atoms with van der Waals surface area (Å²) >= 11 is 6.82. The Hall–Kier alpha value is -2.62. The largest absolute Gasteiger partial charge is 0.417 e. The first-order valence-electron chi connectivity index (χ1n) is 13.7. The Morgan fingerprint density at radius 3 is 2.30 bits per heavy atom. The minimum absolute atomic E-state index is 0.00149. The number of rotatable bonds is 3. The third-order valence-corrected chi connectivity index (χ3v) is 9.91. The molecule has 1 aromatic heterocycles. The molecule has 0 bridgehead atoms. The van der Waals surface area contributed by atoms with Crippen LogP contribution in [0.15, 0.2) is 27.9 Å². The van der Waals surface area contributed by atoms with E-state index in [2.05, 4.69) is 10.3 Å². The second-order valence-electron chi connectivity index (χ2n) is 12.0. The lowest BCUT2D eigenvalue weighted by atomic mass is 9.81. The van der Waals surface area contributed by atoms with E-state index in [4.69, 9.17) is 11.6 Å². The van der Waals surface area contributed by atoms with Gasteiger partial charge in [-0.2, -0.15) is 31.3 Å². The van der Waals surface area contributed by atoms with Crippen molar-refractivity contribution in [3.05, 3.63) is 50.9 Å². The third-order valence-electron chi connectivity index (χ3n) is 8.18. The van der Waals surface area contributed by atoms with E-state index in [0.29, 0.717) is 19.2 Å². The second-order valence-corrected chi connectivity index (χ2v) is 13.4. The maximum absolute atomic E-state index is 15.3. The fourth-order valence-electron chi connectivity index (χ4n) is 6.69. The highest BCUT2D eigenvalue weighted by Gasteiger charge is 2.49. The zero-order valence-corrected chi connectivity index (χ0v) is 24.9. The van der Waals surface area contributed by atoms with Gasteiger partial charge in [-0.1, -0.05) is 11.6 Å². The van der Waals surface area contributed by atoms with E-state index < -0.39 is 63.3 Å². The van der Waals surface area contributed by atoms with Crippen molar-refractivity contribution >= 4 is 40.1 Å². The van der Waals surface area contributed by atoms with Gasteiger partial charge in [0, 0.05) is 83.5 Å². The maximum Gasteiger partial charge on any atom is 0.417 e. The average Bonchev–Trinajstić information content (AvgIpc) is 3.05. The highest BCUT2D eigenvalue weighted by Crippen LogP contribution is 2.52.